The van der Waals surface area contributed by atoms with E-state index in [1.807, 2.05) is 54.9 Å². The lowest BCUT2D eigenvalue weighted by molar-refractivity contribution is 0.647. The van der Waals surface area contributed by atoms with Gasteiger partial charge in [-0.1, -0.05) is 18.2 Å². The van der Waals surface area contributed by atoms with Crippen LogP contribution in [-0.4, -0.2) is 39.5 Å². The lowest BCUT2D eigenvalue weighted by Crippen LogP contribution is -2.24. The molecule has 1 N–H and O–H groups in total. The molecule has 0 spiro atoms. The monoisotopic (exact) mass is 436 g/mol. The third-order valence-corrected chi connectivity index (χ3v) is 5.93. The van der Waals surface area contributed by atoms with Crippen LogP contribution in [0.1, 0.15) is 22.6 Å². The van der Waals surface area contributed by atoms with Gasteiger partial charge in [0.25, 0.3) is 5.56 Å². The normalized spacial score (nSPS) is 11.7. The van der Waals surface area contributed by atoms with Gasteiger partial charge in [-0.15, -0.1) is 0 Å². The molecule has 0 atom stereocenters. The van der Waals surface area contributed by atoms with Crippen molar-refractivity contribution in [1.82, 2.24) is 39.5 Å². The largest absolute Gasteiger partial charge is 0.322 e. The van der Waals surface area contributed by atoms with Crippen LogP contribution in [0.3, 0.4) is 0 Å². The van der Waals surface area contributed by atoms with Gasteiger partial charge in [-0.2, -0.15) is 10.2 Å². The second-order valence-electron chi connectivity index (χ2n) is 8.16. The molecule has 0 radical (unpaired) electrons. The number of hydrogen-bond acceptors (Lipinski definition) is 6. The summed E-state index contributed by atoms with van der Waals surface area (Å²) in [5.41, 5.74) is 6.26. The minimum absolute atomic E-state index is 0.183. The summed E-state index contributed by atoms with van der Waals surface area (Å²) in [4.78, 5) is 27.4. The van der Waals surface area contributed by atoms with Crippen LogP contribution >= 0.6 is 0 Å². The Kier molecular flexibility index (Phi) is 4.29. The fourth-order valence-corrected chi connectivity index (χ4v) is 4.33. The number of aromatic amines is 1. The molecule has 0 saturated carbocycles. The van der Waals surface area contributed by atoms with Gasteiger partial charge < -0.3 is 4.57 Å². The van der Waals surface area contributed by atoms with Crippen LogP contribution in [0.4, 0.5) is 0 Å². The fourth-order valence-electron chi connectivity index (χ4n) is 4.33. The first-order valence-corrected chi connectivity index (χ1v) is 10.6. The van der Waals surface area contributed by atoms with Gasteiger partial charge in [0.2, 0.25) is 0 Å². The number of hydrogen-bond donors (Lipinski definition) is 1. The molecule has 5 aromatic heterocycles. The van der Waals surface area contributed by atoms with E-state index in [2.05, 4.69) is 25.3 Å². The van der Waals surface area contributed by atoms with E-state index in [-0.39, 0.29) is 5.56 Å². The molecule has 5 heterocycles. The highest BCUT2D eigenvalue weighted by molar-refractivity contribution is 6.03. The Morgan fingerprint density at radius 2 is 1.85 bits per heavy atom. The minimum atomic E-state index is -0.183. The van der Waals surface area contributed by atoms with Gasteiger partial charge >= 0.3 is 0 Å². The molecule has 0 bridgehead atoms. The number of nitrogens with one attached hydrogen (secondary N) is 1. The highest BCUT2D eigenvalue weighted by Gasteiger charge is 2.17. The maximum atomic E-state index is 13.4. The Bertz CT molecular complexity index is 1730. The van der Waals surface area contributed by atoms with E-state index in [0.717, 1.165) is 33.5 Å². The van der Waals surface area contributed by atoms with E-state index in [0.29, 0.717) is 35.0 Å². The van der Waals surface area contributed by atoms with Crippen molar-refractivity contribution < 1.29 is 0 Å². The molecule has 0 amide bonds. The second-order valence-corrected chi connectivity index (χ2v) is 8.16. The van der Waals surface area contributed by atoms with Crippen molar-refractivity contribution in [2.75, 3.05) is 0 Å². The number of benzene rings is 1. The van der Waals surface area contributed by atoms with Gasteiger partial charge in [0.05, 0.1) is 35.5 Å². The number of fused-ring (bicyclic) bond motifs is 4. The molecule has 0 aliphatic rings. The van der Waals surface area contributed by atoms with E-state index in [4.69, 9.17) is 4.98 Å². The summed E-state index contributed by atoms with van der Waals surface area (Å²) in [7, 11) is 1.84. The zero-order valence-corrected chi connectivity index (χ0v) is 18.1. The van der Waals surface area contributed by atoms with E-state index in [9.17, 15) is 4.79 Å². The molecular formula is C24H20N8O. The molecule has 9 heteroatoms. The van der Waals surface area contributed by atoms with Crippen LogP contribution in [0.15, 0.2) is 59.8 Å². The first-order valence-electron chi connectivity index (χ1n) is 10.6. The van der Waals surface area contributed by atoms with E-state index in [1.165, 1.54) is 4.68 Å². The SMILES string of the molecule is Cc1cccc(Cc2cnc3c4cnn(Cc5cccc6[nH]ncc56)c(=O)c4n(C)c3n2)n1. The van der Waals surface area contributed by atoms with Crippen molar-refractivity contribution in [3.05, 3.63) is 88.0 Å². The Labute approximate surface area is 187 Å². The van der Waals surface area contributed by atoms with Gasteiger partial charge in [0.15, 0.2) is 5.65 Å². The molecule has 6 aromatic rings. The van der Waals surface area contributed by atoms with Crippen LogP contribution in [-0.2, 0) is 20.0 Å². The minimum Gasteiger partial charge on any atom is -0.322 e. The predicted octanol–water partition coefficient (Wildman–Crippen LogP) is 2.90. The van der Waals surface area contributed by atoms with Gasteiger partial charge in [-0.25, -0.2) is 9.67 Å². The third-order valence-electron chi connectivity index (χ3n) is 5.93. The molecule has 0 fully saturated rings. The van der Waals surface area contributed by atoms with Gasteiger partial charge in [0.1, 0.15) is 11.0 Å². The van der Waals surface area contributed by atoms with Crippen molar-refractivity contribution >= 4 is 33.0 Å². The molecule has 0 saturated heterocycles. The van der Waals surface area contributed by atoms with Crippen LogP contribution in [0.2, 0.25) is 0 Å². The Morgan fingerprint density at radius 3 is 2.73 bits per heavy atom. The summed E-state index contributed by atoms with van der Waals surface area (Å²) in [6, 6.07) is 11.8. The summed E-state index contributed by atoms with van der Waals surface area (Å²) in [5.74, 6) is 0. The average molecular weight is 436 g/mol. The lowest BCUT2D eigenvalue weighted by Gasteiger charge is -2.06. The lowest BCUT2D eigenvalue weighted by atomic mass is 10.1. The maximum absolute atomic E-state index is 13.4. The van der Waals surface area contributed by atoms with E-state index >= 15 is 0 Å². The molecule has 0 unspecified atom stereocenters. The molecule has 0 aliphatic carbocycles. The standard InChI is InChI=1S/C24H20N8O/c1-14-5-3-7-16(28-14)9-17-10-25-21-19-12-27-32(24(33)22(19)31(2)23(21)29-17)13-15-6-4-8-20-18(15)11-26-30-20/h3-8,10-12H,9,13H2,1-2H3,(H,26,30). The van der Waals surface area contributed by atoms with Crippen molar-refractivity contribution in [3.63, 3.8) is 0 Å². The molecular weight excluding hydrogens is 416 g/mol. The van der Waals surface area contributed by atoms with Gasteiger partial charge in [0, 0.05) is 36.4 Å². The maximum Gasteiger partial charge on any atom is 0.291 e. The first kappa shape index (κ1) is 19.3. The summed E-state index contributed by atoms with van der Waals surface area (Å²) in [6.45, 7) is 2.31. The fraction of sp³-hybridized carbons (Fsp3) is 0.167. The Balaban J connectivity index is 1.44. The van der Waals surface area contributed by atoms with Crippen LogP contribution in [0.5, 0.6) is 0 Å². The average Bonchev–Trinajstić information content (AvgIpc) is 3.40. The topological polar surface area (TPSA) is 107 Å². The van der Waals surface area contributed by atoms with E-state index < -0.39 is 0 Å². The van der Waals surface area contributed by atoms with Gasteiger partial charge in [-0.05, 0) is 30.7 Å². The van der Waals surface area contributed by atoms with Crippen LogP contribution < -0.4 is 5.56 Å². The van der Waals surface area contributed by atoms with Crippen molar-refractivity contribution in [2.45, 2.75) is 19.9 Å². The molecule has 1 aromatic carbocycles. The molecule has 0 aliphatic heterocycles. The summed E-state index contributed by atoms with van der Waals surface area (Å²) in [5, 5.41) is 13.2. The number of nitrogens with zero attached hydrogens (tertiary/aromatic N) is 7. The highest BCUT2D eigenvalue weighted by Crippen LogP contribution is 2.23. The van der Waals surface area contributed by atoms with Crippen molar-refractivity contribution in [2.24, 2.45) is 7.05 Å². The second kappa shape index (κ2) is 7.33. The number of aryl methyl sites for hydroxylation is 2. The first-order chi connectivity index (χ1) is 16.1. The highest BCUT2D eigenvalue weighted by atomic mass is 16.1. The Hall–Kier alpha value is -4.40. The van der Waals surface area contributed by atoms with E-state index in [1.54, 1.807) is 18.6 Å². The number of rotatable bonds is 4. The molecule has 6 rings (SSSR count). The predicted molar refractivity (Wildman–Crippen MR) is 125 cm³/mol. The number of H-pyrrole nitrogens is 1. The molecule has 33 heavy (non-hydrogen) atoms. The van der Waals surface area contributed by atoms with Gasteiger partial charge in [-0.3, -0.25) is 19.9 Å². The molecule has 162 valence electrons. The smallest absolute Gasteiger partial charge is 0.291 e. The Morgan fingerprint density at radius 1 is 0.970 bits per heavy atom. The zero-order valence-electron chi connectivity index (χ0n) is 18.1. The van der Waals surface area contributed by atoms with Crippen LogP contribution in [0, 0.1) is 6.92 Å². The third kappa shape index (κ3) is 3.16. The summed E-state index contributed by atoms with van der Waals surface area (Å²) >= 11 is 0. The number of aromatic nitrogens is 8. The van der Waals surface area contributed by atoms with Crippen molar-refractivity contribution in [1.29, 1.82) is 0 Å². The summed E-state index contributed by atoms with van der Waals surface area (Å²) < 4.78 is 3.28. The zero-order chi connectivity index (χ0) is 22.5. The van der Waals surface area contributed by atoms with Crippen molar-refractivity contribution in [3.8, 4) is 0 Å². The summed E-state index contributed by atoms with van der Waals surface area (Å²) in [6.07, 6.45) is 5.79. The quantitative estimate of drug-likeness (QED) is 0.455. The molecule has 9 nitrogen and oxygen atoms in total. The number of pyridine rings is 1. The van der Waals surface area contributed by atoms with Crippen LogP contribution in [0.25, 0.3) is 33.0 Å².